The molecule has 0 radical (unpaired) electrons. The maximum atomic E-state index is 13.1. The van der Waals surface area contributed by atoms with Crippen molar-refractivity contribution in [3.05, 3.63) is 69.0 Å². The minimum absolute atomic E-state index is 0.0340. The molecule has 0 aliphatic heterocycles. The van der Waals surface area contributed by atoms with Crippen LogP contribution in [0.5, 0.6) is 0 Å². The van der Waals surface area contributed by atoms with Crippen LogP contribution in [0, 0.1) is 12.7 Å². The van der Waals surface area contributed by atoms with Gasteiger partial charge in [0, 0.05) is 12.5 Å². The fourth-order valence-electron chi connectivity index (χ4n) is 2.83. The van der Waals surface area contributed by atoms with Crippen molar-refractivity contribution in [3.63, 3.8) is 0 Å². The van der Waals surface area contributed by atoms with E-state index >= 15 is 0 Å². The number of amides is 1. The van der Waals surface area contributed by atoms with E-state index in [0.717, 1.165) is 18.4 Å². The highest BCUT2D eigenvalue weighted by atomic mass is 19.1. The second-order valence-corrected chi connectivity index (χ2v) is 6.32. The average Bonchev–Trinajstić information content (AvgIpc) is 2.54. The summed E-state index contributed by atoms with van der Waals surface area (Å²) in [6, 6.07) is 7.98. The summed E-state index contributed by atoms with van der Waals surface area (Å²) < 4.78 is 18.5. The lowest BCUT2D eigenvalue weighted by Gasteiger charge is -2.12. The van der Waals surface area contributed by atoms with Crippen LogP contribution in [0.3, 0.4) is 0 Å². The molecule has 2 rings (SSSR count). The minimum atomic E-state index is -0.610. The van der Waals surface area contributed by atoms with Crippen LogP contribution in [0.25, 0.3) is 0 Å². The summed E-state index contributed by atoms with van der Waals surface area (Å²) in [6.45, 7) is 6.12. The molecule has 5 heteroatoms. The molecule has 25 heavy (non-hydrogen) atoms. The molecule has 1 N–H and O–H groups in total. The molecule has 0 aliphatic rings. The number of carbonyl (C=O) groups excluding carboxylic acids is 1. The number of hydrogen-bond acceptors (Lipinski definition) is 3. The van der Waals surface area contributed by atoms with Crippen molar-refractivity contribution in [3.8, 4) is 0 Å². The molecule has 1 atom stereocenters. The first-order valence-electron chi connectivity index (χ1n) is 8.59. The van der Waals surface area contributed by atoms with E-state index in [1.807, 2.05) is 6.92 Å². The lowest BCUT2D eigenvalue weighted by Crippen LogP contribution is -2.31. The zero-order valence-corrected chi connectivity index (χ0v) is 14.9. The summed E-state index contributed by atoms with van der Waals surface area (Å²) in [5.74, 6) is -0.0170. The second kappa shape index (κ2) is 8.60. The molecular weight excluding hydrogens is 321 g/mol. The van der Waals surface area contributed by atoms with Gasteiger partial charge in [-0.2, -0.15) is 0 Å². The van der Waals surface area contributed by atoms with Crippen LogP contribution in [0.2, 0.25) is 0 Å². The van der Waals surface area contributed by atoms with Crippen LogP contribution in [0.4, 0.5) is 4.39 Å². The number of halogens is 1. The van der Waals surface area contributed by atoms with E-state index in [0.29, 0.717) is 24.3 Å². The number of nitrogens with one attached hydrogen (secondary N) is 1. The molecule has 1 unspecified atom stereocenters. The van der Waals surface area contributed by atoms with Crippen LogP contribution in [-0.4, -0.2) is 12.5 Å². The third-order valence-electron chi connectivity index (χ3n) is 4.19. The van der Waals surface area contributed by atoms with Crippen molar-refractivity contribution >= 4 is 5.91 Å². The van der Waals surface area contributed by atoms with E-state index in [9.17, 15) is 14.0 Å². The topological polar surface area (TPSA) is 59.3 Å². The molecule has 4 nitrogen and oxygen atoms in total. The van der Waals surface area contributed by atoms with Gasteiger partial charge in [0.05, 0.1) is 0 Å². The smallest absolute Gasteiger partial charge is 0.349 e. The molecule has 0 fully saturated rings. The van der Waals surface area contributed by atoms with E-state index < -0.39 is 11.5 Å². The highest BCUT2D eigenvalue weighted by molar-refractivity contribution is 5.95. The van der Waals surface area contributed by atoms with Crippen molar-refractivity contribution in [2.75, 3.05) is 6.54 Å². The van der Waals surface area contributed by atoms with Gasteiger partial charge < -0.3 is 9.73 Å². The maximum absolute atomic E-state index is 13.1. The molecule has 0 saturated carbocycles. The van der Waals surface area contributed by atoms with Crippen molar-refractivity contribution < 1.29 is 13.6 Å². The molecule has 0 saturated heterocycles. The maximum Gasteiger partial charge on any atom is 0.349 e. The van der Waals surface area contributed by atoms with Crippen LogP contribution in [0.1, 0.15) is 59.9 Å². The Kier molecular flexibility index (Phi) is 6.51. The number of aryl methyl sites for hydroxylation is 1. The number of carbonyl (C=O) groups is 1. The molecule has 0 spiro atoms. The lowest BCUT2D eigenvalue weighted by molar-refractivity contribution is 0.0949. The molecule has 0 bridgehead atoms. The predicted octanol–water partition coefficient (Wildman–Crippen LogP) is 3.96. The normalized spacial score (nSPS) is 12.0. The Balaban J connectivity index is 2.05. The summed E-state index contributed by atoms with van der Waals surface area (Å²) >= 11 is 0. The van der Waals surface area contributed by atoms with E-state index in [1.165, 1.54) is 12.1 Å². The minimum Gasteiger partial charge on any atom is -0.427 e. The quantitative estimate of drug-likeness (QED) is 0.826. The Bertz CT molecular complexity index is 798. The first-order chi connectivity index (χ1) is 11.9. The molecule has 0 aliphatic carbocycles. The van der Waals surface area contributed by atoms with Crippen LogP contribution < -0.4 is 10.9 Å². The Morgan fingerprint density at radius 3 is 2.72 bits per heavy atom. The Morgan fingerprint density at radius 1 is 1.32 bits per heavy atom. The van der Waals surface area contributed by atoms with Crippen LogP contribution in [-0.2, 0) is 6.42 Å². The molecule has 134 valence electrons. The first kappa shape index (κ1) is 18.9. The Morgan fingerprint density at radius 2 is 2.08 bits per heavy atom. The summed E-state index contributed by atoms with van der Waals surface area (Å²) in [5.41, 5.74) is 0.818. The van der Waals surface area contributed by atoms with Gasteiger partial charge in [0.2, 0.25) is 0 Å². The Hall–Kier alpha value is -2.43. The largest absolute Gasteiger partial charge is 0.427 e. The van der Waals surface area contributed by atoms with Gasteiger partial charge in [0.25, 0.3) is 5.91 Å². The first-order valence-corrected chi connectivity index (χ1v) is 8.59. The highest BCUT2D eigenvalue weighted by Crippen LogP contribution is 2.21. The number of rotatable bonds is 7. The molecule has 2 aromatic rings. The summed E-state index contributed by atoms with van der Waals surface area (Å²) in [6.07, 6.45) is 2.40. The highest BCUT2D eigenvalue weighted by Gasteiger charge is 2.18. The standard InChI is InChI=1S/C20H24FNO3/c1-4-6-13(2)17-11-14(3)18(20(24)25-17)19(23)22-10-9-15-7-5-8-16(21)12-15/h5,7-8,11-13H,4,6,9-10H2,1-3H3,(H,22,23). The van der Waals surface area contributed by atoms with Gasteiger partial charge in [-0.25, -0.2) is 9.18 Å². The molecule has 1 aromatic carbocycles. The Labute approximate surface area is 147 Å². The van der Waals surface area contributed by atoms with Gasteiger partial charge in [-0.3, -0.25) is 4.79 Å². The van der Waals surface area contributed by atoms with Crippen molar-refractivity contribution in [1.29, 1.82) is 0 Å². The van der Waals surface area contributed by atoms with Gasteiger partial charge in [0.15, 0.2) is 0 Å². The third kappa shape index (κ3) is 5.02. The fraction of sp³-hybridized carbons (Fsp3) is 0.400. The molecule has 1 heterocycles. The average molecular weight is 345 g/mol. The van der Waals surface area contributed by atoms with Crippen molar-refractivity contribution in [2.24, 2.45) is 0 Å². The number of benzene rings is 1. The zero-order valence-electron chi connectivity index (χ0n) is 14.9. The van der Waals surface area contributed by atoms with E-state index in [-0.39, 0.29) is 17.3 Å². The second-order valence-electron chi connectivity index (χ2n) is 6.32. The van der Waals surface area contributed by atoms with E-state index in [4.69, 9.17) is 4.42 Å². The van der Waals surface area contributed by atoms with Gasteiger partial charge in [-0.15, -0.1) is 0 Å². The SMILES string of the molecule is CCCC(C)c1cc(C)c(C(=O)NCCc2cccc(F)c2)c(=O)o1. The molecule has 1 aromatic heterocycles. The van der Waals surface area contributed by atoms with Gasteiger partial charge in [-0.05, 0) is 49.1 Å². The third-order valence-corrected chi connectivity index (χ3v) is 4.19. The van der Waals surface area contributed by atoms with Crippen molar-refractivity contribution in [2.45, 2.75) is 46.0 Å². The number of hydrogen-bond donors (Lipinski definition) is 1. The zero-order chi connectivity index (χ0) is 18.4. The lowest BCUT2D eigenvalue weighted by atomic mass is 10.0. The fourth-order valence-corrected chi connectivity index (χ4v) is 2.83. The van der Waals surface area contributed by atoms with Crippen LogP contribution >= 0.6 is 0 Å². The van der Waals surface area contributed by atoms with E-state index in [1.54, 1.807) is 25.1 Å². The predicted molar refractivity (Wildman–Crippen MR) is 95.5 cm³/mol. The van der Waals surface area contributed by atoms with Gasteiger partial charge in [-0.1, -0.05) is 32.4 Å². The van der Waals surface area contributed by atoms with Crippen LogP contribution in [0.15, 0.2) is 39.5 Å². The summed E-state index contributed by atoms with van der Waals surface area (Å²) in [7, 11) is 0. The van der Waals surface area contributed by atoms with E-state index in [2.05, 4.69) is 12.2 Å². The van der Waals surface area contributed by atoms with Gasteiger partial charge >= 0.3 is 5.63 Å². The summed E-state index contributed by atoms with van der Waals surface area (Å²) in [4.78, 5) is 24.5. The van der Waals surface area contributed by atoms with Gasteiger partial charge in [0.1, 0.15) is 17.1 Å². The molecular formula is C20H24FNO3. The molecule has 1 amide bonds. The van der Waals surface area contributed by atoms with Crippen molar-refractivity contribution in [1.82, 2.24) is 5.32 Å². The summed E-state index contributed by atoms with van der Waals surface area (Å²) in [5, 5.41) is 2.70. The monoisotopic (exact) mass is 345 g/mol.